The SMILES string of the molecule is Cc1ccc(C(=O)CN)cc1[N+](=O)[O-]. The largest absolute Gasteiger partial charge is 0.324 e. The number of nitro groups is 1. The lowest BCUT2D eigenvalue weighted by atomic mass is 10.1. The van der Waals surface area contributed by atoms with Crippen molar-refractivity contribution in [2.45, 2.75) is 6.92 Å². The topological polar surface area (TPSA) is 86.2 Å². The van der Waals surface area contributed by atoms with Crippen LogP contribution >= 0.6 is 0 Å². The minimum Gasteiger partial charge on any atom is -0.324 e. The molecule has 74 valence electrons. The molecule has 0 spiro atoms. The molecular weight excluding hydrogens is 184 g/mol. The van der Waals surface area contributed by atoms with Crippen molar-refractivity contribution in [2.75, 3.05) is 6.54 Å². The molecule has 5 nitrogen and oxygen atoms in total. The van der Waals surface area contributed by atoms with Crippen molar-refractivity contribution >= 4 is 11.5 Å². The molecule has 1 rings (SSSR count). The van der Waals surface area contributed by atoms with Crippen LogP contribution in [0.1, 0.15) is 15.9 Å². The minimum atomic E-state index is -0.511. The van der Waals surface area contributed by atoms with Crippen molar-refractivity contribution in [2.24, 2.45) is 5.73 Å². The van der Waals surface area contributed by atoms with Crippen molar-refractivity contribution in [3.8, 4) is 0 Å². The van der Waals surface area contributed by atoms with E-state index in [1.165, 1.54) is 12.1 Å². The first-order valence-electron chi connectivity index (χ1n) is 4.04. The lowest BCUT2D eigenvalue weighted by Gasteiger charge is -2.00. The predicted molar refractivity (Wildman–Crippen MR) is 51.2 cm³/mol. The van der Waals surface area contributed by atoms with Gasteiger partial charge in [0.1, 0.15) is 0 Å². The maximum Gasteiger partial charge on any atom is 0.273 e. The Kier molecular flexibility index (Phi) is 2.93. The van der Waals surface area contributed by atoms with Crippen LogP contribution in [0.5, 0.6) is 0 Å². The number of hydrogen-bond acceptors (Lipinski definition) is 4. The fourth-order valence-corrected chi connectivity index (χ4v) is 1.10. The first-order valence-corrected chi connectivity index (χ1v) is 4.04. The van der Waals surface area contributed by atoms with Gasteiger partial charge in [0.25, 0.3) is 5.69 Å². The zero-order chi connectivity index (χ0) is 10.7. The minimum absolute atomic E-state index is 0.0516. The van der Waals surface area contributed by atoms with Crippen LogP contribution in [0.3, 0.4) is 0 Å². The second-order valence-electron chi connectivity index (χ2n) is 2.89. The normalized spacial score (nSPS) is 9.86. The van der Waals surface area contributed by atoms with Crippen LogP contribution in [-0.4, -0.2) is 17.3 Å². The monoisotopic (exact) mass is 194 g/mol. The van der Waals surface area contributed by atoms with Crippen molar-refractivity contribution in [3.05, 3.63) is 39.4 Å². The molecule has 5 heteroatoms. The highest BCUT2D eigenvalue weighted by molar-refractivity contribution is 5.98. The second-order valence-corrected chi connectivity index (χ2v) is 2.89. The van der Waals surface area contributed by atoms with Crippen LogP contribution in [0, 0.1) is 17.0 Å². The molecule has 0 saturated heterocycles. The maximum atomic E-state index is 11.2. The zero-order valence-corrected chi connectivity index (χ0v) is 7.69. The fourth-order valence-electron chi connectivity index (χ4n) is 1.10. The van der Waals surface area contributed by atoms with E-state index in [1.807, 2.05) is 0 Å². The molecule has 0 radical (unpaired) electrons. The molecule has 0 fully saturated rings. The number of rotatable bonds is 3. The number of ketones is 1. The van der Waals surface area contributed by atoms with Gasteiger partial charge < -0.3 is 5.73 Å². The molecule has 0 atom stereocenters. The Balaban J connectivity index is 3.19. The Labute approximate surface area is 80.7 Å². The molecule has 0 unspecified atom stereocenters. The number of aryl methyl sites for hydroxylation is 1. The van der Waals surface area contributed by atoms with Gasteiger partial charge in [0.05, 0.1) is 11.5 Å². The lowest BCUT2D eigenvalue weighted by Crippen LogP contribution is -2.13. The van der Waals surface area contributed by atoms with Gasteiger partial charge >= 0.3 is 0 Å². The number of nitrogens with zero attached hydrogens (tertiary/aromatic N) is 1. The molecule has 0 aliphatic carbocycles. The second kappa shape index (κ2) is 3.97. The van der Waals surface area contributed by atoms with E-state index < -0.39 is 4.92 Å². The van der Waals surface area contributed by atoms with Gasteiger partial charge in [-0.15, -0.1) is 0 Å². The van der Waals surface area contributed by atoms with Gasteiger partial charge in [0.2, 0.25) is 0 Å². The molecule has 0 aliphatic rings. The molecule has 0 aromatic heterocycles. The van der Waals surface area contributed by atoms with Gasteiger partial charge in [-0.1, -0.05) is 12.1 Å². The van der Waals surface area contributed by atoms with Gasteiger partial charge in [-0.25, -0.2) is 0 Å². The number of benzene rings is 1. The number of hydrogen-bond donors (Lipinski definition) is 1. The number of carbonyl (C=O) groups excluding carboxylic acids is 1. The molecule has 0 amide bonds. The number of nitro benzene ring substituents is 1. The van der Waals surface area contributed by atoms with Crippen LogP contribution in [0.15, 0.2) is 18.2 Å². The third kappa shape index (κ3) is 1.94. The summed E-state index contributed by atoms with van der Waals surface area (Å²) in [6.07, 6.45) is 0. The van der Waals surface area contributed by atoms with E-state index in [1.54, 1.807) is 13.0 Å². The van der Waals surface area contributed by atoms with Crippen LogP contribution in [0.25, 0.3) is 0 Å². The lowest BCUT2D eigenvalue weighted by molar-refractivity contribution is -0.385. The van der Waals surface area contributed by atoms with Crippen LogP contribution in [-0.2, 0) is 0 Å². The third-order valence-electron chi connectivity index (χ3n) is 1.91. The summed E-state index contributed by atoms with van der Waals surface area (Å²) in [6.45, 7) is 1.48. The molecule has 0 bridgehead atoms. The number of Topliss-reactive ketones (excluding diaryl/α,β-unsaturated/α-hetero) is 1. The van der Waals surface area contributed by atoms with Crippen LogP contribution in [0.2, 0.25) is 0 Å². The molecule has 1 aromatic carbocycles. The summed E-state index contributed by atoms with van der Waals surface area (Å²) in [5.41, 5.74) is 5.91. The molecule has 0 aliphatic heterocycles. The molecule has 2 N–H and O–H groups in total. The van der Waals surface area contributed by atoms with E-state index in [-0.39, 0.29) is 23.6 Å². The molecule has 0 heterocycles. The first kappa shape index (κ1) is 10.3. The first-order chi connectivity index (χ1) is 6.56. The van der Waals surface area contributed by atoms with Crippen molar-refractivity contribution in [3.63, 3.8) is 0 Å². The fraction of sp³-hybridized carbons (Fsp3) is 0.222. The summed E-state index contributed by atoms with van der Waals surface area (Å²) >= 11 is 0. The van der Waals surface area contributed by atoms with E-state index >= 15 is 0 Å². The van der Waals surface area contributed by atoms with Gasteiger partial charge in [-0.2, -0.15) is 0 Å². The van der Waals surface area contributed by atoms with Gasteiger partial charge in [0.15, 0.2) is 5.78 Å². The molecule has 14 heavy (non-hydrogen) atoms. The average Bonchev–Trinajstić information content (AvgIpc) is 2.17. The highest BCUT2D eigenvalue weighted by Crippen LogP contribution is 2.19. The summed E-state index contributed by atoms with van der Waals surface area (Å²) in [5.74, 6) is -0.298. The van der Waals surface area contributed by atoms with E-state index in [4.69, 9.17) is 5.73 Å². The maximum absolute atomic E-state index is 11.2. The number of nitrogens with two attached hydrogens (primary N) is 1. The highest BCUT2D eigenvalue weighted by Gasteiger charge is 2.13. The van der Waals surface area contributed by atoms with E-state index in [0.717, 1.165) is 0 Å². The molecule has 0 saturated carbocycles. The van der Waals surface area contributed by atoms with Crippen molar-refractivity contribution < 1.29 is 9.72 Å². The quantitative estimate of drug-likeness (QED) is 0.442. The van der Waals surface area contributed by atoms with E-state index in [0.29, 0.717) is 5.56 Å². The molecule has 1 aromatic rings. The summed E-state index contributed by atoms with van der Waals surface area (Å²) in [4.78, 5) is 21.2. The van der Waals surface area contributed by atoms with E-state index in [9.17, 15) is 14.9 Å². The Hall–Kier alpha value is -1.75. The van der Waals surface area contributed by atoms with Gasteiger partial charge in [0, 0.05) is 17.2 Å². The summed E-state index contributed by atoms with van der Waals surface area (Å²) in [6, 6.07) is 4.34. The predicted octanol–water partition coefficient (Wildman–Crippen LogP) is 1.04. The zero-order valence-electron chi connectivity index (χ0n) is 7.69. The van der Waals surface area contributed by atoms with Crippen LogP contribution in [0.4, 0.5) is 5.69 Å². The third-order valence-corrected chi connectivity index (χ3v) is 1.91. The van der Waals surface area contributed by atoms with E-state index in [2.05, 4.69) is 0 Å². The smallest absolute Gasteiger partial charge is 0.273 e. The Morgan fingerprint density at radius 2 is 2.21 bits per heavy atom. The summed E-state index contributed by atoms with van der Waals surface area (Å²) in [7, 11) is 0. The average molecular weight is 194 g/mol. The van der Waals surface area contributed by atoms with Crippen molar-refractivity contribution in [1.82, 2.24) is 0 Å². The summed E-state index contributed by atoms with van der Waals surface area (Å²) < 4.78 is 0. The summed E-state index contributed by atoms with van der Waals surface area (Å²) in [5, 5.41) is 10.5. The van der Waals surface area contributed by atoms with Crippen molar-refractivity contribution in [1.29, 1.82) is 0 Å². The van der Waals surface area contributed by atoms with Gasteiger partial charge in [-0.05, 0) is 6.92 Å². The standard InChI is InChI=1S/C9H10N2O3/c1-6-2-3-7(9(12)5-10)4-8(6)11(13)14/h2-4H,5,10H2,1H3. The Morgan fingerprint density at radius 1 is 1.57 bits per heavy atom. The highest BCUT2D eigenvalue weighted by atomic mass is 16.6. The Morgan fingerprint density at radius 3 is 2.71 bits per heavy atom. The number of carbonyl (C=O) groups is 1. The Bertz CT molecular complexity index is 388. The molecular formula is C9H10N2O3. The van der Waals surface area contributed by atoms with Crippen LogP contribution < -0.4 is 5.73 Å². The van der Waals surface area contributed by atoms with Gasteiger partial charge in [-0.3, -0.25) is 14.9 Å².